The van der Waals surface area contributed by atoms with Crippen molar-refractivity contribution in [3.63, 3.8) is 0 Å². The summed E-state index contributed by atoms with van der Waals surface area (Å²) in [6, 6.07) is 6.05. The number of rotatable bonds is 5. The van der Waals surface area contributed by atoms with E-state index < -0.39 is 4.92 Å². The second-order valence-corrected chi connectivity index (χ2v) is 3.03. The van der Waals surface area contributed by atoms with Crippen LogP contribution in [-0.2, 0) is 11.2 Å². The minimum Gasteiger partial charge on any atom is -0.305 e. The molecule has 5 nitrogen and oxygen atoms in total. The van der Waals surface area contributed by atoms with Gasteiger partial charge in [0.25, 0.3) is 5.69 Å². The number of aryl methyl sites for hydroxylation is 1. The van der Waals surface area contributed by atoms with Crippen molar-refractivity contribution in [2.75, 3.05) is 0 Å². The molecule has 1 N–H and O–H groups in total. The first kappa shape index (κ1) is 11.0. The molecular weight excluding hydrogens is 196 g/mol. The Bertz CT molecular complexity index is 384. The van der Waals surface area contributed by atoms with Gasteiger partial charge in [0.1, 0.15) is 0 Å². The Hall–Kier alpha value is -2.04. The molecule has 0 fully saturated rings. The topological polar surface area (TPSA) is 84.1 Å². The quantitative estimate of drug-likeness (QED) is 0.452. The molecule has 0 aliphatic carbocycles. The predicted octanol–water partition coefficient (Wildman–Crippen LogP) is 1.75. The molecule has 0 aliphatic rings. The van der Waals surface area contributed by atoms with E-state index in [9.17, 15) is 14.9 Å². The summed E-state index contributed by atoms with van der Waals surface area (Å²) in [6.45, 7) is 0. The molecule has 1 aromatic rings. The number of nitrogens with one attached hydrogen (secondary N) is 1. The molecule has 0 unspecified atom stereocenters. The van der Waals surface area contributed by atoms with E-state index in [4.69, 9.17) is 5.41 Å². The van der Waals surface area contributed by atoms with E-state index in [2.05, 4.69) is 0 Å². The Kier molecular flexibility index (Phi) is 3.68. The lowest BCUT2D eigenvalue weighted by Crippen LogP contribution is -2.00. The smallest absolute Gasteiger partial charge is 0.269 e. The van der Waals surface area contributed by atoms with Crippen LogP contribution in [0.15, 0.2) is 24.3 Å². The van der Waals surface area contributed by atoms with Crippen LogP contribution in [0.1, 0.15) is 12.0 Å². The van der Waals surface area contributed by atoms with Crippen molar-refractivity contribution in [1.82, 2.24) is 0 Å². The predicted molar refractivity (Wildman–Crippen MR) is 55.2 cm³/mol. The van der Waals surface area contributed by atoms with Crippen molar-refractivity contribution >= 4 is 17.7 Å². The van der Waals surface area contributed by atoms with E-state index in [0.29, 0.717) is 6.42 Å². The van der Waals surface area contributed by atoms with Gasteiger partial charge in [-0.2, -0.15) is 0 Å². The van der Waals surface area contributed by atoms with Gasteiger partial charge in [0.15, 0.2) is 5.78 Å². The summed E-state index contributed by atoms with van der Waals surface area (Å²) in [6.07, 6.45) is 1.55. The molecule has 0 heterocycles. The van der Waals surface area contributed by atoms with Crippen LogP contribution in [0.2, 0.25) is 0 Å². The van der Waals surface area contributed by atoms with Gasteiger partial charge in [0.05, 0.1) is 11.1 Å². The molecule has 78 valence electrons. The third-order valence-corrected chi connectivity index (χ3v) is 1.97. The number of non-ortho nitro benzene ring substituents is 1. The lowest BCUT2D eigenvalue weighted by atomic mass is 10.1. The van der Waals surface area contributed by atoms with Gasteiger partial charge in [-0.3, -0.25) is 14.9 Å². The molecule has 0 saturated carbocycles. The highest BCUT2D eigenvalue weighted by Crippen LogP contribution is 2.12. The first-order valence-corrected chi connectivity index (χ1v) is 4.40. The molecule has 0 amide bonds. The summed E-state index contributed by atoms with van der Waals surface area (Å²) in [5, 5.41) is 17.0. The highest BCUT2D eigenvalue weighted by atomic mass is 16.6. The number of hydrogen-bond donors (Lipinski definition) is 1. The normalized spacial score (nSPS) is 9.60. The molecule has 0 spiro atoms. The Balaban J connectivity index is 2.60. The number of Topliss-reactive ketones (excluding diaryl/α,β-unsaturated/α-hetero) is 1. The first-order chi connectivity index (χ1) is 7.13. The number of carbonyl (C=O) groups is 1. The molecule has 1 aromatic carbocycles. The van der Waals surface area contributed by atoms with Crippen molar-refractivity contribution in [3.05, 3.63) is 39.9 Å². The van der Waals surface area contributed by atoms with Crippen molar-refractivity contribution in [2.24, 2.45) is 0 Å². The average molecular weight is 206 g/mol. The van der Waals surface area contributed by atoms with Crippen LogP contribution in [0.3, 0.4) is 0 Å². The van der Waals surface area contributed by atoms with Crippen molar-refractivity contribution in [2.45, 2.75) is 12.8 Å². The van der Waals surface area contributed by atoms with Gasteiger partial charge < -0.3 is 5.41 Å². The highest BCUT2D eigenvalue weighted by molar-refractivity contribution is 6.26. The number of nitro groups is 1. The maximum atomic E-state index is 10.8. The fourth-order valence-electron chi connectivity index (χ4n) is 1.12. The second-order valence-electron chi connectivity index (χ2n) is 3.03. The summed E-state index contributed by atoms with van der Waals surface area (Å²) in [5.74, 6) is -0.242. The minimum atomic E-state index is -0.466. The molecule has 0 saturated heterocycles. The fraction of sp³-hybridized carbons (Fsp3) is 0.200. The Morgan fingerprint density at radius 1 is 1.40 bits per heavy atom. The van der Waals surface area contributed by atoms with E-state index in [1.165, 1.54) is 12.1 Å². The third kappa shape index (κ3) is 3.30. The van der Waals surface area contributed by atoms with Crippen LogP contribution < -0.4 is 0 Å². The maximum absolute atomic E-state index is 10.8. The van der Waals surface area contributed by atoms with Gasteiger partial charge in [0.2, 0.25) is 0 Å². The van der Waals surface area contributed by atoms with Crippen molar-refractivity contribution < 1.29 is 9.72 Å². The second kappa shape index (κ2) is 4.99. The van der Waals surface area contributed by atoms with Gasteiger partial charge in [-0.1, -0.05) is 12.1 Å². The van der Waals surface area contributed by atoms with E-state index in [0.717, 1.165) is 11.8 Å². The summed E-state index contributed by atoms with van der Waals surface area (Å²) in [7, 11) is 0. The van der Waals surface area contributed by atoms with Gasteiger partial charge in [-0.05, 0) is 12.0 Å². The Morgan fingerprint density at radius 3 is 2.47 bits per heavy atom. The molecule has 0 aliphatic heterocycles. The maximum Gasteiger partial charge on any atom is 0.269 e. The molecule has 0 aromatic heterocycles. The summed E-state index contributed by atoms with van der Waals surface area (Å²) >= 11 is 0. The molecule has 5 heteroatoms. The summed E-state index contributed by atoms with van der Waals surface area (Å²) in [4.78, 5) is 20.7. The largest absolute Gasteiger partial charge is 0.305 e. The third-order valence-electron chi connectivity index (χ3n) is 1.97. The molecule has 0 atom stereocenters. The lowest BCUT2D eigenvalue weighted by Gasteiger charge is -1.98. The van der Waals surface area contributed by atoms with E-state index in [1.807, 2.05) is 0 Å². The van der Waals surface area contributed by atoms with E-state index in [-0.39, 0.29) is 17.9 Å². The number of ketones is 1. The Morgan fingerprint density at radius 2 is 2.00 bits per heavy atom. The van der Waals surface area contributed by atoms with Crippen LogP contribution in [0.25, 0.3) is 0 Å². The first-order valence-electron chi connectivity index (χ1n) is 4.40. The minimum absolute atomic E-state index is 0.0390. The SMILES string of the molecule is N=CC(=O)CCc1ccc([N+](=O)[O-])cc1. The summed E-state index contributed by atoms with van der Waals surface area (Å²) < 4.78 is 0. The number of benzene rings is 1. The van der Waals surface area contributed by atoms with Crippen LogP contribution in [0.4, 0.5) is 5.69 Å². The standard InChI is InChI=1S/C10H10N2O3/c11-7-10(13)6-3-8-1-4-9(5-2-8)12(14)15/h1-2,4-5,7,11H,3,6H2. The van der Waals surface area contributed by atoms with Crippen LogP contribution >= 0.6 is 0 Å². The Labute approximate surface area is 86.4 Å². The van der Waals surface area contributed by atoms with Crippen LogP contribution in [-0.4, -0.2) is 16.9 Å². The average Bonchev–Trinajstić information content (AvgIpc) is 2.26. The highest BCUT2D eigenvalue weighted by Gasteiger charge is 2.04. The van der Waals surface area contributed by atoms with E-state index in [1.54, 1.807) is 12.1 Å². The molecule has 1 rings (SSSR count). The number of hydrogen-bond acceptors (Lipinski definition) is 4. The fourth-order valence-corrected chi connectivity index (χ4v) is 1.12. The van der Waals surface area contributed by atoms with Gasteiger partial charge >= 0.3 is 0 Å². The number of carbonyl (C=O) groups excluding carboxylic acids is 1. The summed E-state index contributed by atoms with van der Waals surface area (Å²) in [5.41, 5.74) is 0.896. The lowest BCUT2D eigenvalue weighted by molar-refractivity contribution is -0.384. The van der Waals surface area contributed by atoms with E-state index >= 15 is 0 Å². The zero-order valence-electron chi connectivity index (χ0n) is 7.97. The van der Waals surface area contributed by atoms with Crippen molar-refractivity contribution in [3.8, 4) is 0 Å². The van der Waals surface area contributed by atoms with Gasteiger partial charge in [-0.25, -0.2) is 0 Å². The molecular formula is C10H10N2O3. The zero-order valence-corrected chi connectivity index (χ0v) is 7.97. The zero-order chi connectivity index (χ0) is 11.3. The van der Waals surface area contributed by atoms with Crippen molar-refractivity contribution in [1.29, 1.82) is 5.41 Å². The molecule has 0 radical (unpaired) electrons. The number of nitro benzene ring substituents is 1. The van der Waals surface area contributed by atoms with Crippen LogP contribution in [0.5, 0.6) is 0 Å². The van der Waals surface area contributed by atoms with Gasteiger partial charge in [0, 0.05) is 18.6 Å². The molecule has 15 heavy (non-hydrogen) atoms. The monoisotopic (exact) mass is 206 g/mol. The van der Waals surface area contributed by atoms with Crippen LogP contribution in [0, 0.1) is 15.5 Å². The van der Waals surface area contributed by atoms with Gasteiger partial charge in [-0.15, -0.1) is 0 Å². The molecule has 0 bridgehead atoms. The number of nitrogens with zero attached hydrogens (tertiary/aromatic N) is 1.